The number of rotatable bonds is 4. The van der Waals surface area contributed by atoms with Crippen molar-refractivity contribution in [3.8, 4) is 0 Å². The third-order valence-electron chi connectivity index (χ3n) is 2.19. The van der Waals surface area contributed by atoms with E-state index in [0.717, 1.165) is 0 Å². The molecule has 0 atom stereocenters. The van der Waals surface area contributed by atoms with Crippen LogP contribution in [-0.4, -0.2) is 22.1 Å². The largest absolute Gasteiger partial charge is 0.478 e. The maximum atomic E-state index is 11.4. The standard InChI is InChI=1S/C12H13BrN2O3S/c1-2-3-10(16)15-12(19)14-9-5-4-7(13)6-8(9)11(17)18/h4-6H,2-3H2,1H3,(H,17,18)(H2,14,15,16,19). The van der Waals surface area contributed by atoms with Gasteiger partial charge in [-0.1, -0.05) is 22.9 Å². The predicted molar refractivity (Wildman–Crippen MR) is 80.4 cm³/mol. The van der Waals surface area contributed by atoms with Crippen LogP contribution in [0.25, 0.3) is 0 Å². The number of hydrogen-bond acceptors (Lipinski definition) is 3. The molecule has 0 fully saturated rings. The Labute approximate surface area is 124 Å². The summed E-state index contributed by atoms with van der Waals surface area (Å²) >= 11 is 8.16. The quantitative estimate of drug-likeness (QED) is 0.732. The normalized spacial score (nSPS) is 9.79. The maximum absolute atomic E-state index is 11.4. The first-order valence-electron chi connectivity index (χ1n) is 5.57. The van der Waals surface area contributed by atoms with E-state index in [1.165, 1.54) is 6.07 Å². The lowest BCUT2D eigenvalue weighted by Crippen LogP contribution is -2.34. The summed E-state index contributed by atoms with van der Waals surface area (Å²) in [7, 11) is 0. The highest BCUT2D eigenvalue weighted by Gasteiger charge is 2.12. The first-order chi connectivity index (χ1) is 8.93. The van der Waals surface area contributed by atoms with Gasteiger partial charge in [-0.05, 0) is 36.8 Å². The second-order valence-corrected chi connectivity index (χ2v) is 5.07. The number of hydrogen-bond donors (Lipinski definition) is 3. The molecule has 0 unspecified atom stereocenters. The fraction of sp³-hybridized carbons (Fsp3) is 0.250. The van der Waals surface area contributed by atoms with Crippen LogP contribution in [0.2, 0.25) is 0 Å². The number of carbonyl (C=O) groups is 2. The van der Waals surface area contributed by atoms with Crippen LogP contribution in [0, 0.1) is 0 Å². The summed E-state index contributed by atoms with van der Waals surface area (Å²) in [6.07, 6.45) is 1.08. The summed E-state index contributed by atoms with van der Waals surface area (Å²) < 4.78 is 0.649. The van der Waals surface area contributed by atoms with Crippen molar-refractivity contribution in [3.63, 3.8) is 0 Å². The number of aromatic carboxylic acids is 1. The van der Waals surface area contributed by atoms with Crippen molar-refractivity contribution in [1.82, 2.24) is 5.32 Å². The Balaban J connectivity index is 2.79. The van der Waals surface area contributed by atoms with Crippen LogP contribution in [0.3, 0.4) is 0 Å². The van der Waals surface area contributed by atoms with Crippen LogP contribution in [0.1, 0.15) is 30.1 Å². The molecule has 0 aromatic heterocycles. The average molecular weight is 345 g/mol. The third-order valence-corrected chi connectivity index (χ3v) is 2.89. The molecule has 0 saturated heterocycles. The molecule has 1 amide bonds. The van der Waals surface area contributed by atoms with Gasteiger partial charge in [0.05, 0.1) is 11.3 Å². The lowest BCUT2D eigenvalue weighted by molar-refractivity contribution is -0.119. The second kappa shape index (κ2) is 7.20. The van der Waals surface area contributed by atoms with E-state index in [-0.39, 0.29) is 16.6 Å². The van der Waals surface area contributed by atoms with Crippen LogP contribution >= 0.6 is 28.1 Å². The van der Waals surface area contributed by atoms with Gasteiger partial charge in [-0.25, -0.2) is 4.79 Å². The van der Waals surface area contributed by atoms with Crippen LogP contribution in [0.5, 0.6) is 0 Å². The second-order valence-electron chi connectivity index (χ2n) is 3.75. The molecular weight excluding hydrogens is 332 g/mol. The van der Waals surface area contributed by atoms with E-state index < -0.39 is 5.97 Å². The Morgan fingerprint density at radius 2 is 2.11 bits per heavy atom. The molecule has 1 rings (SSSR count). The number of halogens is 1. The number of nitrogens with one attached hydrogen (secondary N) is 2. The Hall–Kier alpha value is -1.47. The molecule has 0 spiro atoms. The third kappa shape index (κ3) is 4.96. The number of thiocarbonyl (C=S) groups is 1. The summed E-state index contributed by atoms with van der Waals surface area (Å²) in [5.74, 6) is -1.28. The first kappa shape index (κ1) is 15.6. The molecular formula is C12H13BrN2O3S. The van der Waals surface area contributed by atoms with Gasteiger partial charge in [0.1, 0.15) is 0 Å². The molecule has 0 aliphatic heterocycles. The number of amides is 1. The number of anilines is 1. The van der Waals surface area contributed by atoms with Crippen molar-refractivity contribution < 1.29 is 14.7 Å². The molecule has 1 aromatic rings. The van der Waals surface area contributed by atoms with Gasteiger partial charge in [-0.2, -0.15) is 0 Å². The van der Waals surface area contributed by atoms with Crippen molar-refractivity contribution in [2.24, 2.45) is 0 Å². The molecule has 3 N–H and O–H groups in total. The Morgan fingerprint density at radius 3 is 2.68 bits per heavy atom. The molecule has 0 radical (unpaired) electrons. The molecule has 0 aliphatic rings. The zero-order valence-electron chi connectivity index (χ0n) is 10.2. The zero-order chi connectivity index (χ0) is 14.4. The molecule has 19 heavy (non-hydrogen) atoms. The summed E-state index contributed by atoms with van der Waals surface area (Å²) in [4.78, 5) is 22.4. The predicted octanol–water partition coefficient (Wildman–Crippen LogP) is 2.76. The summed E-state index contributed by atoms with van der Waals surface area (Å²) in [5, 5.41) is 14.4. The van der Waals surface area contributed by atoms with Crippen molar-refractivity contribution in [2.45, 2.75) is 19.8 Å². The van der Waals surface area contributed by atoms with Crippen LogP contribution in [-0.2, 0) is 4.79 Å². The lowest BCUT2D eigenvalue weighted by atomic mass is 10.2. The van der Waals surface area contributed by atoms with Crippen molar-refractivity contribution in [1.29, 1.82) is 0 Å². The maximum Gasteiger partial charge on any atom is 0.337 e. The lowest BCUT2D eigenvalue weighted by Gasteiger charge is -2.11. The molecule has 0 aliphatic carbocycles. The first-order valence-corrected chi connectivity index (χ1v) is 6.77. The van der Waals surface area contributed by atoms with Crippen molar-refractivity contribution in [2.75, 3.05) is 5.32 Å². The van der Waals surface area contributed by atoms with Gasteiger partial charge in [0.15, 0.2) is 5.11 Å². The minimum atomic E-state index is -1.08. The molecule has 0 bridgehead atoms. The highest BCUT2D eigenvalue weighted by atomic mass is 79.9. The summed E-state index contributed by atoms with van der Waals surface area (Å²) in [6, 6.07) is 4.72. The fourth-order valence-electron chi connectivity index (χ4n) is 1.37. The van der Waals surface area contributed by atoms with Gasteiger partial charge in [0.25, 0.3) is 0 Å². The van der Waals surface area contributed by atoms with Gasteiger partial charge in [0, 0.05) is 10.9 Å². The molecule has 1 aromatic carbocycles. The Bertz CT molecular complexity index is 520. The average Bonchev–Trinajstić information content (AvgIpc) is 2.31. The highest BCUT2D eigenvalue weighted by molar-refractivity contribution is 9.10. The van der Waals surface area contributed by atoms with Crippen molar-refractivity contribution >= 4 is 50.8 Å². The van der Waals surface area contributed by atoms with Gasteiger partial charge < -0.3 is 15.7 Å². The van der Waals surface area contributed by atoms with Gasteiger partial charge in [-0.3, -0.25) is 4.79 Å². The smallest absolute Gasteiger partial charge is 0.337 e. The van der Waals surface area contributed by atoms with E-state index in [0.29, 0.717) is 23.0 Å². The van der Waals surface area contributed by atoms with E-state index in [9.17, 15) is 9.59 Å². The van der Waals surface area contributed by atoms with E-state index in [2.05, 4.69) is 26.6 Å². The van der Waals surface area contributed by atoms with E-state index >= 15 is 0 Å². The molecule has 7 heteroatoms. The monoisotopic (exact) mass is 344 g/mol. The van der Waals surface area contributed by atoms with Crippen LogP contribution in [0.4, 0.5) is 5.69 Å². The molecule has 0 saturated carbocycles. The van der Waals surface area contributed by atoms with Crippen molar-refractivity contribution in [3.05, 3.63) is 28.2 Å². The van der Waals surface area contributed by atoms with Gasteiger partial charge in [-0.15, -0.1) is 0 Å². The number of benzene rings is 1. The van der Waals surface area contributed by atoms with Crippen LogP contribution in [0.15, 0.2) is 22.7 Å². The fourth-order valence-corrected chi connectivity index (χ4v) is 1.96. The zero-order valence-corrected chi connectivity index (χ0v) is 12.6. The molecule has 0 heterocycles. The van der Waals surface area contributed by atoms with E-state index in [4.69, 9.17) is 17.3 Å². The number of carboxylic acids is 1. The van der Waals surface area contributed by atoms with E-state index in [1.807, 2.05) is 6.92 Å². The topological polar surface area (TPSA) is 78.4 Å². The Kier molecular flexibility index (Phi) is 5.91. The summed E-state index contributed by atoms with van der Waals surface area (Å²) in [5.41, 5.74) is 0.402. The molecule has 102 valence electrons. The molecule has 5 nitrogen and oxygen atoms in total. The van der Waals surface area contributed by atoms with E-state index in [1.54, 1.807) is 12.1 Å². The number of carboxylic acid groups (broad SMARTS) is 1. The number of carbonyl (C=O) groups excluding carboxylic acids is 1. The minimum absolute atomic E-state index is 0.0708. The SMILES string of the molecule is CCCC(=O)NC(=S)Nc1ccc(Br)cc1C(=O)O. The van der Waals surface area contributed by atoms with Gasteiger partial charge in [0.2, 0.25) is 5.91 Å². The minimum Gasteiger partial charge on any atom is -0.478 e. The summed E-state index contributed by atoms with van der Waals surface area (Å²) in [6.45, 7) is 1.88. The van der Waals surface area contributed by atoms with Crippen LogP contribution < -0.4 is 10.6 Å². The highest BCUT2D eigenvalue weighted by Crippen LogP contribution is 2.21. The Morgan fingerprint density at radius 1 is 1.42 bits per heavy atom. The van der Waals surface area contributed by atoms with Gasteiger partial charge >= 0.3 is 5.97 Å².